The highest BCUT2D eigenvalue weighted by Gasteiger charge is 2.26. The Kier molecular flexibility index (Phi) is 3.60. The third kappa shape index (κ3) is 2.33. The Morgan fingerprint density at radius 3 is 2.92 bits per heavy atom. The molecule has 4 rings (SSSR count). The predicted octanol–water partition coefficient (Wildman–Crippen LogP) is 1.09. The van der Waals surface area contributed by atoms with E-state index in [4.69, 9.17) is 4.42 Å². The van der Waals surface area contributed by atoms with Gasteiger partial charge in [-0.15, -0.1) is 6.58 Å². The van der Waals surface area contributed by atoms with Crippen LogP contribution in [0.25, 0.3) is 11.2 Å². The molecule has 0 aliphatic carbocycles. The van der Waals surface area contributed by atoms with E-state index in [1.807, 2.05) is 16.7 Å². The Labute approximate surface area is 143 Å². The molecule has 0 fully saturated rings. The number of anilines is 1. The van der Waals surface area contributed by atoms with E-state index < -0.39 is 0 Å². The second-order valence-corrected chi connectivity index (χ2v) is 6.14. The van der Waals surface area contributed by atoms with Crippen molar-refractivity contribution in [1.82, 2.24) is 18.7 Å². The van der Waals surface area contributed by atoms with Crippen LogP contribution in [0.4, 0.5) is 5.95 Å². The van der Waals surface area contributed by atoms with Crippen molar-refractivity contribution >= 4 is 17.1 Å². The number of hydrogen-bond acceptors (Lipinski definition) is 5. The standard InChI is InChI=1S/C17H19N5O3/c1-3-7-22-15(23)13-14(19(2)17(22)24)18-16-20(8-5-9-21(13)16)11-12-6-4-10-25-12/h3-4,6,10H,1,5,7-9,11H2,2H3. The topological polar surface area (TPSA) is 78.2 Å². The van der Waals surface area contributed by atoms with Gasteiger partial charge in [0, 0.05) is 26.7 Å². The summed E-state index contributed by atoms with van der Waals surface area (Å²) in [4.78, 5) is 32.0. The first-order valence-electron chi connectivity index (χ1n) is 8.20. The van der Waals surface area contributed by atoms with Crippen molar-refractivity contribution in [1.29, 1.82) is 0 Å². The number of allylic oxidation sites excluding steroid dienone is 1. The van der Waals surface area contributed by atoms with Crippen molar-refractivity contribution in [3.8, 4) is 0 Å². The molecule has 4 heterocycles. The van der Waals surface area contributed by atoms with E-state index in [0.29, 0.717) is 30.2 Å². The van der Waals surface area contributed by atoms with Gasteiger partial charge in [0.1, 0.15) is 5.76 Å². The van der Waals surface area contributed by atoms with Crippen LogP contribution in [0.3, 0.4) is 0 Å². The minimum Gasteiger partial charge on any atom is -0.467 e. The largest absolute Gasteiger partial charge is 0.467 e. The summed E-state index contributed by atoms with van der Waals surface area (Å²) in [5, 5.41) is 0. The second kappa shape index (κ2) is 5.80. The number of furan rings is 1. The number of rotatable bonds is 4. The highest BCUT2D eigenvalue weighted by molar-refractivity contribution is 5.74. The SMILES string of the molecule is C=CCn1c(=O)c2c(nc3n2CCCN3Cc2ccco2)n(C)c1=O. The van der Waals surface area contributed by atoms with Crippen LogP contribution in [0.15, 0.2) is 45.1 Å². The number of hydrogen-bond donors (Lipinski definition) is 0. The van der Waals surface area contributed by atoms with E-state index in [2.05, 4.69) is 16.5 Å². The molecular formula is C17H19N5O3. The van der Waals surface area contributed by atoms with Gasteiger partial charge in [0.25, 0.3) is 5.56 Å². The molecule has 0 spiro atoms. The third-order valence-corrected chi connectivity index (χ3v) is 4.54. The van der Waals surface area contributed by atoms with Crippen LogP contribution in [-0.2, 0) is 26.7 Å². The number of nitrogens with zero attached hydrogens (tertiary/aromatic N) is 5. The molecular weight excluding hydrogens is 322 g/mol. The van der Waals surface area contributed by atoms with E-state index >= 15 is 0 Å². The first-order valence-corrected chi connectivity index (χ1v) is 8.20. The van der Waals surface area contributed by atoms with E-state index in [1.165, 1.54) is 9.13 Å². The molecule has 0 saturated carbocycles. The first kappa shape index (κ1) is 15.5. The summed E-state index contributed by atoms with van der Waals surface area (Å²) in [6.45, 7) is 5.90. The highest BCUT2D eigenvalue weighted by Crippen LogP contribution is 2.25. The Bertz CT molecular complexity index is 1050. The molecule has 0 N–H and O–H groups in total. The van der Waals surface area contributed by atoms with Crippen LogP contribution in [0.2, 0.25) is 0 Å². The summed E-state index contributed by atoms with van der Waals surface area (Å²) in [5.74, 6) is 1.53. The van der Waals surface area contributed by atoms with Crippen molar-refractivity contribution in [3.63, 3.8) is 0 Å². The van der Waals surface area contributed by atoms with Gasteiger partial charge in [-0.25, -0.2) is 4.79 Å². The smallest absolute Gasteiger partial charge is 0.332 e. The maximum absolute atomic E-state index is 12.9. The number of imidazole rings is 1. The van der Waals surface area contributed by atoms with Crippen LogP contribution in [-0.4, -0.2) is 25.2 Å². The molecule has 1 aliphatic rings. The fourth-order valence-electron chi connectivity index (χ4n) is 3.36. The van der Waals surface area contributed by atoms with Crippen LogP contribution in [0.1, 0.15) is 12.2 Å². The zero-order valence-corrected chi connectivity index (χ0v) is 14.0. The minimum atomic E-state index is -0.384. The normalized spacial score (nSPS) is 14.0. The number of aromatic nitrogens is 4. The lowest BCUT2D eigenvalue weighted by molar-refractivity contribution is 0.481. The first-order chi connectivity index (χ1) is 12.1. The second-order valence-electron chi connectivity index (χ2n) is 6.14. The van der Waals surface area contributed by atoms with Gasteiger partial charge >= 0.3 is 5.69 Å². The van der Waals surface area contributed by atoms with Gasteiger partial charge in [-0.3, -0.25) is 13.9 Å². The van der Waals surface area contributed by atoms with E-state index in [9.17, 15) is 9.59 Å². The summed E-state index contributed by atoms with van der Waals surface area (Å²) < 4.78 is 9.96. The van der Waals surface area contributed by atoms with E-state index in [1.54, 1.807) is 19.4 Å². The summed E-state index contributed by atoms with van der Waals surface area (Å²) in [5.41, 5.74) is 0.168. The molecule has 8 heteroatoms. The van der Waals surface area contributed by atoms with Crippen molar-refractivity contribution in [2.45, 2.75) is 26.1 Å². The van der Waals surface area contributed by atoms with Gasteiger partial charge in [-0.1, -0.05) is 6.08 Å². The lowest BCUT2D eigenvalue weighted by Crippen LogP contribution is -2.39. The molecule has 3 aromatic rings. The maximum Gasteiger partial charge on any atom is 0.332 e. The number of fused-ring (bicyclic) bond motifs is 3. The predicted molar refractivity (Wildman–Crippen MR) is 93.8 cm³/mol. The van der Waals surface area contributed by atoms with Gasteiger partial charge in [0.2, 0.25) is 5.95 Å². The van der Waals surface area contributed by atoms with Gasteiger partial charge in [-0.05, 0) is 18.6 Å². The molecule has 1 aliphatic heterocycles. The summed E-state index contributed by atoms with van der Waals surface area (Å²) >= 11 is 0. The molecule has 0 amide bonds. The monoisotopic (exact) mass is 341 g/mol. The molecule has 0 aromatic carbocycles. The molecule has 25 heavy (non-hydrogen) atoms. The Balaban J connectivity index is 1.93. The zero-order valence-electron chi connectivity index (χ0n) is 14.0. The Hall–Kier alpha value is -3.03. The van der Waals surface area contributed by atoms with Crippen molar-refractivity contribution < 1.29 is 4.42 Å². The highest BCUT2D eigenvalue weighted by atomic mass is 16.3. The van der Waals surface area contributed by atoms with Gasteiger partial charge in [0.15, 0.2) is 11.2 Å². The molecule has 0 saturated heterocycles. The molecule has 130 valence electrons. The van der Waals surface area contributed by atoms with E-state index in [0.717, 1.165) is 18.7 Å². The number of aryl methyl sites for hydroxylation is 2. The summed E-state index contributed by atoms with van der Waals surface area (Å²) in [6.07, 6.45) is 4.08. The van der Waals surface area contributed by atoms with Gasteiger partial charge < -0.3 is 13.9 Å². The lowest BCUT2D eigenvalue weighted by Gasteiger charge is -2.28. The molecule has 0 unspecified atom stereocenters. The van der Waals surface area contributed by atoms with Crippen LogP contribution in [0, 0.1) is 0 Å². The van der Waals surface area contributed by atoms with Crippen LogP contribution < -0.4 is 16.1 Å². The molecule has 0 radical (unpaired) electrons. The maximum atomic E-state index is 12.9. The Morgan fingerprint density at radius 2 is 2.20 bits per heavy atom. The van der Waals surface area contributed by atoms with E-state index in [-0.39, 0.29) is 17.8 Å². The molecule has 8 nitrogen and oxygen atoms in total. The fourth-order valence-corrected chi connectivity index (χ4v) is 3.36. The molecule has 0 bridgehead atoms. The zero-order chi connectivity index (χ0) is 17.6. The van der Waals surface area contributed by atoms with Gasteiger partial charge in [0.05, 0.1) is 12.8 Å². The van der Waals surface area contributed by atoms with Gasteiger partial charge in [-0.2, -0.15) is 4.98 Å². The minimum absolute atomic E-state index is 0.179. The summed E-state index contributed by atoms with van der Waals surface area (Å²) in [7, 11) is 1.64. The Morgan fingerprint density at radius 1 is 1.36 bits per heavy atom. The van der Waals surface area contributed by atoms with Crippen LogP contribution in [0.5, 0.6) is 0 Å². The van der Waals surface area contributed by atoms with Crippen molar-refractivity contribution in [2.75, 3.05) is 11.4 Å². The van der Waals surface area contributed by atoms with Crippen molar-refractivity contribution in [2.24, 2.45) is 7.05 Å². The quantitative estimate of drug-likeness (QED) is 0.664. The van der Waals surface area contributed by atoms with Crippen LogP contribution >= 0.6 is 0 Å². The average Bonchev–Trinajstić information content (AvgIpc) is 3.25. The average molecular weight is 341 g/mol. The lowest BCUT2D eigenvalue weighted by atomic mass is 10.3. The molecule has 0 atom stereocenters. The van der Waals surface area contributed by atoms with Crippen molar-refractivity contribution in [3.05, 3.63) is 57.6 Å². The third-order valence-electron chi connectivity index (χ3n) is 4.54. The summed E-state index contributed by atoms with van der Waals surface area (Å²) in [6, 6.07) is 3.76. The molecule has 3 aromatic heterocycles. The fraction of sp³-hybridized carbons (Fsp3) is 0.353.